The molecule has 3 nitrogen and oxygen atoms in total. The van der Waals surface area contributed by atoms with Gasteiger partial charge < -0.3 is 4.90 Å². The highest BCUT2D eigenvalue weighted by Crippen LogP contribution is 2.25. The second-order valence-corrected chi connectivity index (χ2v) is 5.34. The van der Waals surface area contributed by atoms with Crippen molar-refractivity contribution in [1.82, 2.24) is 9.97 Å². The Labute approximate surface area is 119 Å². The maximum atomic E-state index is 6.07. The van der Waals surface area contributed by atoms with Crippen molar-refractivity contribution in [2.24, 2.45) is 0 Å². The van der Waals surface area contributed by atoms with E-state index in [9.17, 15) is 0 Å². The van der Waals surface area contributed by atoms with Gasteiger partial charge in [-0.25, -0.2) is 9.97 Å². The van der Waals surface area contributed by atoms with Gasteiger partial charge in [0.1, 0.15) is 16.8 Å². The first-order valence-electron chi connectivity index (χ1n) is 6.32. The Morgan fingerprint density at radius 3 is 2.32 bits per heavy atom. The van der Waals surface area contributed by atoms with Crippen LogP contribution in [0.25, 0.3) is 0 Å². The summed E-state index contributed by atoms with van der Waals surface area (Å²) in [6, 6.07) is 10.1. The lowest BCUT2D eigenvalue weighted by molar-refractivity contribution is 0.772. The topological polar surface area (TPSA) is 29.0 Å². The number of benzene rings is 1. The molecule has 19 heavy (non-hydrogen) atoms. The van der Waals surface area contributed by atoms with Crippen molar-refractivity contribution in [2.75, 3.05) is 11.9 Å². The second kappa shape index (κ2) is 5.57. The van der Waals surface area contributed by atoms with Crippen LogP contribution in [0, 0.1) is 6.92 Å². The largest absolute Gasteiger partial charge is 0.329 e. The summed E-state index contributed by atoms with van der Waals surface area (Å²) in [5.41, 5.74) is 2.32. The normalized spacial score (nSPS) is 10.8. The van der Waals surface area contributed by atoms with E-state index in [-0.39, 0.29) is 5.92 Å². The molecule has 0 fully saturated rings. The molecule has 0 aliphatic heterocycles. The third kappa shape index (κ3) is 3.24. The molecule has 2 aromatic rings. The predicted octanol–water partition coefficient (Wildman–Crippen LogP) is 4.33. The smallest absolute Gasteiger partial charge is 0.137 e. The summed E-state index contributed by atoms with van der Waals surface area (Å²) in [6.45, 7) is 6.19. The van der Waals surface area contributed by atoms with Crippen molar-refractivity contribution in [2.45, 2.75) is 26.7 Å². The second-order valence-electron chi connectivity index (χ2n) is 4.96. The first-order valence-corrected chi connectivity index (χ1v) is 6.70. The van der Waals surface area contributed by atoms with Gasteiger partial charge in [0.2, 0.25) is 0 Å². The van der Waals surface area contributed by atoms with E-state index in [1.165, 1.54) is 5.56 Å². The fourth-order valence-electron chi connectivity index (χ4n) is 1.75. The first kappa shape index (κ1) is 13.8. The molecule has 0 aliphatic rings. The van der Waals surface area contributed by atoms with E-state index in [4.69, 9.17) is 11.6 Å². The molecular formula is C15H18ClN3. The SMILES string of the molecule is Cc1ccc(N(C)c2cc(Cl)nc(C(C)C)n2)cc1. The van der Waals surface area contributed by atoms with Crippen LogP contribution in [0.2, 0.25) is 5.15 Å². The van der Waals surface area contributed by atoms with Crippen LogP contribution in [0.3, 0.4) is 0 Å². The van der Waals surface area contributed by atoms with Gasteiger partial charge in [-0.05, 0) is 19.1 Å². The van der Waals surface area contributed by atoms with E-state index in [0.29, 0.717) is 5.15 Å². The average molecular weight is 276 g/mol. The molecule has 1 aromatic carbocycles. The van der Waals surface area contributed by atoms with Crippen LogP contribution in [-0.2, 0) is 0 Å². The molecule has 0 unspecified atom stereocenters. The number of halogens is 1. The molecule has 0 spiro atoms. The minimum Gasteiger partial charge on any atom is -0.329 e. The maximum Gasteiger partial charge on any atom is 0.137 e. The summed E-state index contributed by atoms with van der Waals surface area (Å²) in [6.07, 6.45) is 0. The predicted molar refractivity (Wildman–Crippen MR) is 80.4 cm³/mol. The monoisotopic (exact) mass is 275 g/mol. The van der Waals surface area contributed by atoms with Crippen molar-refractivity contribution in [3.63, 3.8) is 0 Å². The van der Waals surface area contributed by atoms with Gasteiger partial charge in [0.15, 0.2) is 0 Å². The molecule has 0 aliphatic carbocycles. The zero-order chi connectivity index (χ0) is 14.0. The van der Waals surface area contributed by atoms with Crippen molar-refractivity contribution in [3.8, 4) is 0 Å². The van der Waals surface area contributed by atoms with Gasteiger partial charge in [-0.3, -0.25) is 0 Å². The van der Waals surface area contributed by atoms with Gasteiger partial charge in [0.25, 0.3) is 0 Å². The minimum atomic E-state index is 0.254. The lowest BCUT2D eigenvalue weighted by Crippen LogP contribution is -2.13. The quantitative estimate of drug-likeness (QED) is 0.781. The molecule has 0 bridgehead atoms. The Morgan fingerprint density at radius 2 is 1.74 bits per heavy atom. The Kier molecular flexibility index (Phi) is 4.05. The molecule has 0 saturated carbocycles. The Morgan fingerprint density at radius 1 is 1.11 bits per heavy atom. The lowest BCUT2D eigenvalue weighted by Gasteiger charge is -2.19. The Balaban J connectivity index is 2.38. The summed E-state index contributed by atoms with van der Waals surface area (Å²) in [4.78, 5) is 10.8. The molecule has 4 heteroatoms. The van der Waals surface area contributed by atoms with Crippen LogP contribution in [0.4, 0.5) is 11.5 Å². The van der Waals surface area contributed by atoms with Gasteiger partial charge in [0, 0.05) is 24.7 Å². The number of aromatic nitrogens is 2. The van der Waals surface area contributed by atoms with Crippen LogP contribution < -0.4 is 4.90 Å². The van der Waals surface area contributed by atoms with E-state index >= 15 is 0 Å². The van der Waals surface area contributed by atoms with Crippen LogP contribution in [0.15, 0.2) is 30.3 Å². The highest BCUT2D eigenvalue weighted by Gasteiger charge is 2.11. The van der Waals surface area contributed by atoms with Crippen molar-refractivity contribution in [3.05, 3.63) is 46.9 Å². The highest BCUT2D eigenvalue weighted by molar-refractivity contribution is 6.29. The zero-order valence-electron chi connectivity index (χ0n) is 11.7. The molecule has 0 saturated heterocycles. The van der Waals surface area contributed by atoms with Crippen LogP contribution >= 0.6 is 11.6 Å². The molecule has 100 valence electrons. The van der Waals surface area contributed by atoms with Gasteiger partial charge in [0.05, 0.1) is 0 Å². The summed E-state index contributed by atoms with van der Waals surface area (Å²) >= 11 is 6.07. The number of aryl methyl sites for hydroxylation is 1. The fourth-order valence-corrected chi connectivity index (χ4v) is 1.94. The lowest BCUT2D eigenvalue weighted by atomic mass is 10.2. The summed E-state index contributed by atoms with van der Waals surface area (Å²) in [5.74, 6) is 1.83. The summed E-state index contributed by atoms with van der Waals surface area (Å²) in [5, 5.41) is 0.479. The number of anilines is 2. The van der Waals surface area contributed by atoms with Gasteiger partial charge in [-0.15, -0.1) is 0 Å². The molecule has 2 rings (SSSR count). The van der Waals surface area contributed by atoms with Gasteiger partial charge in [-0.1, -0.05) is 43.1 Å². The molecule has 1 heterocycles. The van der Waals surface area contributed by atoms with Crippen molar-refractivity contribution in [1.29, 1.82) is 0 Å². The summed E-state index contributed by atoms with van der Waals surface area (Å²) in [7, 11) is 1.98. The first-order chi connectivity index (χ1) is 8.97. The molecule has 0 atom stereocenters. The Hall–Kier alpha value is -1.61. The Bertz CT molecular complexity index is 564. The van der Waals surface area contributed by atoms with Gasteiger partial charge in [-0.2, -0.15) is 0 Å². The van der Waals surface area contributed by atoms with Crippen LogP contribution in [-0.4, -0.2) is 17.0 Å². The third-order valence-electron chi connectivity index (χ3n) is 2.98. The van der Waals surface area contributed by atoms with E-state index in [1.54, 1.807) is 6.07 Å². The molecule has 0 N–H and O–H groups in total. The van der Waals surface area contributed by atoms with Crippen molar-refractivity contribution < 1.29 is 0 Å². The minimum absolute atomic E-state index is 0.254. The maximum absolute atomic E-state index is 6.07. The average Bonchev–Trinajstić information content (AvgIpc) is 2.38. The summed E-state index contributed by atoms with van der Waals surface area (Å²) < 4.78 is 0. The molecular weight excluding hydrogens is 258 g/mol. The standard InChI is InChI=1S/C15H18ClN3/c1-10(2)15-17-13(16)9-14(18-15)19(4)12-7-5-11(3)6-8-12/h5-10H,1-4H3. The van der Waals surface area contributed by atoms with Crippen LogP contribution in [0.1, 0.15) is 31.2 Å². The number of rotatable bonds is 3. The zero-order valence-corrected chi connectivity index (χ0v) is 12.4. The number of hydrogen-bond donors (Lipinski definition) is 0. The van der Waals surface area contributed by atoms with E-state index < -0.39 is 0 Å². The van der Waals surface area contributed by atoms with Crippen LogP contribution in [0.5, 0.6) is 0 Å². The van der Waals surface area contributed by atoms with E-state index in [1.807, 2.05) is 11.9 Å². The third-order valence-corrected chi connectivity index (χ3v) is 3.17. The highest BCUT2D eigenvalue weighted by atomic mass is 35.5. The molecule has 0 radical (unpaired) electrons. The van der Waals surface area contributed by atoms with Crippen molar-refractivity contribution >= 4 is 23.1 Å². The van der Waals surface area contributed by atoms with E-state index in [0.717, 1.165) is 17.3 Å². The fraction of sp³-hybridized carbons (Fsp3) is 0.333. The van der Waals surface area contributed by atoms with Gasteiger partial charge >= 0.3 is 0 Å². The molecule has 1 aromatic heterocycles. The number of hydrogen-bond acceptors (Lipinski definition) is 3. The van der Waals surface area contributed by atoms with E-state index in [2.05, 4.69) is 55.0 Å². The number of nitrogens with zero attached hydrogens (tertiary/aromatic N) is 3. The molecule has 0 amide bonds.